The number of carbonyl (C=O) groups is 1. The van der Waals surface area contributed by atoms with E-state index in [0.29, 0.717) is 13.2 Å². The lowest BCUT2D eigenvalue weighted by molar-refractivity contribution is -0.123. The molecule has 1 fully saturated rings. The molecule has 0 amide bonds. The molecule has 0 saturated carbocycles. The number of halogens is 1. The number of ketones is 1. The zero-order chi connectivity index (χ0) is 13.0. The molecule has 1 aliphatic rings. The van der Waals surface area contributed by atoms with Crippen molar-refractivity contribution < 1.29 is 9.53 Å². The molecule has 1 unspecified atom stereocenters. The highest BCUT2D eigenvalue weighted by atomic mass is 35.5. The Labute approximate surface area is 113 Å². The third kappa shape index (κ3) is 3.80. The summed E-state index contributed by atoms with van der Waals surface area (Å²) in [5.74, 6) is 0.377. The third-order valence-corrected chi connectivity index (χ3v) is 3.43. The molecule has 2 rings (SSSR count). The van der Waals surface area contributed by atoms with Gasteiger partial charge in [0.05, 0.1) is 13.2 Å². The number of likely N-dealkylation sites (N-methyl/N-ethyl adjacent to an activating group) is 1. The fourth-order valence-electron chi connectivity index (χ4n) is 2.14. The van der Waals surface area contributed by atoms with Gasteiger partial charge in [0, 0.05) is 24.1 Å². The summed E-state index contributed by atoms with van der Waals surface area (Å²) in [7, 11) is 1.96. The van der Waals surface area contributed by atoms with E-state index in [1.54, 1.807) is 0 Å². The van der Waals surface area contributed by atoms with Crippen molar-refractivity contribution >= 4 is 17.4 Å². The summed E-state index contributed by atoms with van der Waals surface area (Å²) in [4.78, 5) is 14.0. The first kappa shape index (κ1) is 13.5. The van der Waals surface area contributed by atoms with Crippen LogP contribution in [0.4, 0.5) is 0 Å². The van der Waals surface area contributed by atoms with Gasteiger partial charge >= 0.3 is 0 Å². The fraction of sp³-hybridized carbons (Fsp3) is 0.500. The van der Waals surface area contributed by atoms with Crippen molar-refractivity contribution in [2.24, 2.45) is 5.92 Å². The zero-order valence-corrected chi connectivity index (χ0v) is 11.3. The molecule has 4 heteroatoms. The molecule has 3 nitrogen and oxygen atoms in total. The molecule has 1 saturated heterocycles. The van der Waals surface area contributed by atoms with E-state index in [2.05, 4.69) is 0 Å². The quantitative estimate of drug-likeness (QED) is 0.820. The number of Topliss-reactive ketones (excluding diaryl/α,β-unsaturated/α-hetero) is 1. The van der Waals surface area contributed by atoms with Crippen LogP contribution in [0, 0.1) is 5.92 Å². The van der Waals surface area contributed by atoms with Crippen LogP contribution in [-0.2, 0) is 16.1 Å². The minimum atomic E-state index is 0.0951. The molecule has 1 atom stereocenters. The second-order valence-corrected chi connectivity index (χ2v) is 5.26. The molecule has 98 valence electrons. The van der Waals surface area contributed by atoms with Crippen molar-refractivity contribution in [3.8, 4) is 0 Å². The Morgan fingerprint density at radius 1 is 1.44 bits per heavy atom. The van der Waals surface area contributed by atoms with Crippen molar-refractivity contribution in [1.29, 1.82) is 0 Å². The van der Waals surface area contributed by atoms with Crippen molar-refractivity contribution in [2.75, 3.05) is 26.8 Å². The van der Waals surface area contributed by atoms with Gasteiger partial charge in [-0.05, 0) is 31.2 Å². The smallest absolute Gasteiger partial charge is 0.152 e. The Kier molecular flexibility index (Phi) is 4.75. The first-order valence-electron chi connectivity index (χ1n) is 6.18. The summed E-state index contributed by atoms with van der Waals surface area (Å²) in [6.45, 7) is 2.55. The van der Waals surface area contributed by atoms with Crippen LogP contribution in [0.25, 0.3) is 0 Å². The average Bonchev–Trinajstić information content (AvgIpc) is 2.85. The third-order valence-electron chi connectivity index (χ3n) is 3.18. The van der Waals surface area contributed by atoms with E-state index in [-0.39, 0.29) is 11.7 Å². The number of ether oxygens (including phenoxy) is 1. The van der Waals surface area contributed by atoms with E-state index < -0.39 is 0 Å². The van der Waals surface area contributed by atoms with Gasteiger partial charge < -0.3 is 4.74 Å². The predicted molar refractivity (Wildman–Crippen MR) is 71.7 cm³/mol. The largest absolute Gasteiger partial charge is 0.381 e. The van der Waals surface area contributed by atoms with Crippen LogP contribution in [0.1, 0.15) is 12.0 Å². The first-order valence-corrected chi connectivity index (χ1v) is 6.56. The lowest BCUT2D eigenvalue weighted by Gasteiger charge is -2.17. The number of carbonyl (C=O) groups excluding carboxylic acids is 1. The van der Waals surface area contributed by atoms with Crippen LogP contribution < -0.4 is 0 Å². The molecule has 0 spiro atoms. The van der Waals surface area contributed by atoms with E-state index in [1.807, 2.05) is 36.2 Å². The van der Waals surface area contributed by atoms with Crippen molar-refractivity contribution in [3.05, 3.63) is 34.9 Å². The lowest BCUT2D eigenvalue weighted by atomic mass is 10.0. The Morgan fingerprint density at radius 2 is 2.17 bits per heavy atom. The van der Waals surface area contributed by atoms with E-state index in [4.69, 9.17) is 16.3 Å². The van der Waals surface area contributed by atoms with Gasteiger partial charge in [0.25, 0.3) is 0 Å². The summed E-state index contributed by atoms with van der Waals surface area (Å²) in [5, 5.41) is 0.737. The van der Waals surface area contributed by atoms with Gasteiger partial charge in [-0.25, -0.2) is 0 Å². The number of nitrogens with zero attached hydrogens (tertiary/aromatic N) is 1. The molecule has 1 heterocycles. The monoisotopic (exact) mass is 267 g/mol. The molecular weight excluding hydrogens is 250 g/mol. The normalized spacial score (nSPS) is 19.4. The second kappa shape index (κ2) is 6.32. The summed E-state index contributed by atoms with van der Waals surface area (Å²) >= 11 is 5.84. The van der Waals surface area contributed by atoms with Gasteiger partial charge in [-0.1, -0.05) is 23.7 Å². The molecular formula is C14H18ClNO2. The molecule has 1 aliphatic heterocycles. The first-order chi connectivity index (χ1) is 8.65. The number of hydrogen-bond acceptors (Lipinski definition) is 3. The predicted octanol–water partition coefficient (Wildman–Crippen LogP) is 2.38. The Hall–Kier alpha value is -0.900. The van der Waals surface area contributed by atoms with Crippen LogP contribution in [0.5, 0.6) is 0 Å². The van der Waals surface area contributed by atoms with Gasteiger partial charge in [0.15, 0.2) is 5.78 Å². The highest BCUT2D eigenvalue weighted by Crippen LogP contribution is 2.15. The van der Waals surface area contributed by atoms with Crippen LogP contribution in [0.15, 0.2) is 24.3 Å². The maximum Gasteiger partial charge on any atom is 0.152 e. The molecule has 1 aromatic rings. The minimum absolute atomic E-state index is 0.0951. The molecule has 18 heavy (non-hydrogen) atoms. The Morgan fingerprint density at radius 3 is 2.78 bits per heavy atom. The standard InChI is InChI=1S/C14H18ClNO2/c1-16(8-11-2-4-13(15)5-3-11)9-14(17)12-6-7-18-10-12/h2-5,12H,6-10H2,1H3. The van der Waals surface area contributed by atoms with E-state index in [9.17, 15) is 4.79 Å². The molecule has 0 aliphatic carbocycles. The molecule has 0 bridgehead atoms. The molecule has 0 N–H and O–H groups in total. The van der Waals surface area contributed by atoms with Gasteiger partial charge in [-0.2, -0.15) is 0 Å². The van der Waals surface area contributed by atoms with E-state index in [0.717, 1.165) is 30.2 Å². The molecule has 0 radical (unpaired) electrons. The highest BCUT2D eigenvalue weighted by molar-refractivity contribution is 6.30. The Balaban J connectivity index is 1.82. The van der Waals surface area contributed by atoms with Crippen molar-refractivity contribution in [2.45, 2.75) is 13.0 Å². The van der Waals surface area contributed by atoms with E-state index in [1.165, 1.54) is 0 Å². The SMILES string of the molecule is CN(CC(=O)C1CCOC1)Cc1ccc(Cl)cc1. The summed E-state index contributed by atoms with van der Waals surface area (Å²) in [6.07, 6.45) is 0.869. The van der Waals surface area contributed by atoms with Crippen LogP contribution in [-0.4, -0.2) is 37.5 Å². The number of rotatable bonds is 5. The summed E-state index contributed by atoms with van der Waals surface area (Å²) < 4.78 is 5.24. The van der Waals surface area contributed by atoms with Crippen LogP contribution >= 0.6 is 11.6 Å². The van der Waals surface area contributed by atoms with Gasteiger partial charge in [-0.15, -0.1) is 0 Å². The second-order valence-electron chi connectivity index (χ2n) is 4.83. The van der Waals surface area contributed by atoms with Crippen LogP contribution in [0.2, 0.25) is 5.02 Å². The molecule has 0 aromatic heterocycles. The van der Waals surface area contributed by atoms with Gasteiger partial charge in [-0.3, -0.25) is 9.69 Å². The highest BCUT2D eigenvalue weighted by Gasteiger charge is 2.23. The maximum absolute atomic E-state index is 12.0. The van der Waals surface area contributed by atoms with Crippen molar-refractivity contribution in [3.63, 3.8) is 0 Å². The minimum Gasteiger partial charge on any atom is -0.381 e. The molecule has 1 aromatic carbocycles. The zero-order valence-electron chi connectivity index (χ0n) is 10.6. The van der Waals surface area contributed by atoms with Crippen molar-refractivity contribution in [1.82, 2.24) is 4.90 Å². The number of hydrogen-bond donors (Lipinski definition) is 0. The fourth-order valence-corrected chi connectivity index (χ4v) is 2.27. The summed E-state index contributed by atoms with van der Waals surface area (Å²) in [5.41, 5.74) is 1.16. The average molecular weight is 268 g/mol. The van der Waals surface area contributed by atoms with Gasteiger partial charge in [0.1, 0.15) is 0 Å². The summed E-state index contributed by atoms with van der Waals surface area (Å²) in [6, 6.07) is 7.72. The van der Waals surface area contributed by atoms with Gasteiger partial charge in [0.2, 0.25) is 0 Å². The van der Waals surface area contributed by atoms with E-state index >= 15 is 0 Å². The lowest BCUT2D eigenvalue weighted by Crippen LogP contribution is -2.30. The van der Waals surface area contributed by atoms with Crippen LogP contribution in [0.3, 0.4) is 0 Å². The number of benzene rings is 1. The maximum atomic E-state index is 12.0. The Bertz CT molecular complexity index is 399. The topological polar surface area (TPSA) is 29.5 Å².